The van der Waals surface area contributed by atoms with Crippen molar-refractivity contribution in [3.8, 4) is 0 Å². The van der Waals surface area contributed by atoms with E-state index in [0.717, 1.165) is 16.9 Å². The molecule has 0 saturated heterocycles. The Balaban J connectivity index is 1.85. The fourth-order valence-electron chi connectivity index (χ4n) is 4.26. The van der Waals surface area contributed by atoms with Crippen LogP contribution in [0, 0.1) is 0 Å². The highest BCUT2D eigenvalue weighted by Crippen LogP contribution is 2.51. The van der Waals surface area contributed by atoms with Crippen LogP contribution in [0.25, 0.3) is 0 Å². The van der Waals surface area contributed by atoms with Crippen LogP contribution in [0.1, 0.15) is 68.2 Å². The van der Waals surface area contributed by atoms with Crippen molar-refractivity contribution in [3.63, 3.8) is 0 Å². The summed E-state index contributed by atoms with van der Waals surface area (Å²) in [6.45, 7) is 3.25. The van der Waals surface area contributed by atoms with Crippen molar-refractivity contribution in [2.24, 2.45) is 0 Å². The van der Waals surface area contributed by atoms with Gasteiger partial charge in [0, 0.05) is 18.9 Å². The quantitative estimate of drug-likeness (QED) is 0.800. The Morgan fingerprint density at radius 1 is 1.25 bits per heavy atom. The number of nitrogens with one attached hydrogen (secondary N) is 1. The summed E-state index contributed by atoms with van der Waals surface area (Å²) in [5, 5.41) is 2.99. The van der Waals surface area contributed by atoms with E-state index in [0.29, 0.717) is 33.8 Å². The summed E-state index contributed by atoms with van der Waals surface area (Å²) in [7, 11) is 0. The Kier molecular flexibility index (Phi) is 4.42. The molecule has 1 atom stereocenters. The summed E-state index contributed by atoms with van der Waals surface area (Å²) in [5.74, 6) is -1.06. The zero-order valence-corrected chi connectivity index (χ0v) is 16.4. The zero-order chi connectivity index (χ0) is 20.1. The summed E-state index contributed by atoms with van der Waals surface area (Å²) >= 11 is 1.10. The normalized spacial score (nSPS) is 20.1. The Morgan fingerprint density at radius 2 is 2.00 bits per heavy atom. The maximum Gasteiger partial charge on any atom is 0.341 e. The molecule has 1 unspecified atom stereocenters. The van der Waals surface area contributed by atoms with Crippen molar-refractivity contribution < 1.29 is 23.9 Å². The summed E-state index contributed by atoms with van der Waals surface area (Å²) < 4.78 is 5.15. The molecule has 1 amide bonds. The lowest BCUT2D eigenvalue weighted by Crippen LogP contribution is -2.38. The lowest BCUT2D eigenvalue weighted by Gasteiger charge is -2.32. The van der Waals surface area contributed by atoms with Gasteiger partial charge < -0.3 is 10.1 Å². The number of fused-ring (bicyclic) bond motifs is 3. The van der Waals surface area contributed by atoms with Gasteiger partial charge in [0.05, 0.1) is 22.5 Å². The van der Waals surface area contributed by atoms with Crippen LogP contribution in [0.4, 0.5) is 5.00 Å². The minimum atomic E-state index is -0.884. The van der Waals surface area contributed by atoms with E-state index in [1.165, 1.54) is 6.92 Å². The minimum Gasteiger partial charge on any atom is -0.462 e. The number of ether oxygens (including phenoxy) is 1. The van der Waals surface area contributed by atoms with Crippen LogP contribution in [0.5, 0.6) is 0 Å². The van der Waals surface area contributed by atoms with Gasteiger partial charge in [-0.15, -0.1) is 11.3 Å². The van der Waals surface area contributed by atoms with Crippen LogP contribution in [-0.2, 0) is 21.4 Å². The van der Waals surface area contributed by atoms with E-state index in [9.17, 15) is 19.2 Å². The molecule has 1 aromatic carbocycles. The largest absolute Gasteiger partial charge is 0.462 e. The number of amides is 1. The Morgan fingerprint density at radius 3 is 2.71 bits per heavy atom. The molecule has 2 aliphatic carbocycles. The fourth-order valence-corrected chi connectivity index (χ4v) is 5.58. The third kappa shape index (κ3) is 2.61. The molecule has 4 rings (SSSR count). The summed E-state index contributed by atoms with van der Waals surface area (Å²) in [6.07, 6.45) is 1.06. The van der Waals surface area contributed by atoms with Gasteiger partial charge in [-0.25, -0.2) is 4.79 Å². The third-order valence-corrected chi connectivity index (χ3v) is 6.57. The van der Waals surface area contributed by atoms with E-state index in [1.54, 1.807) is 19.1 Å². The van der Waals surface area contributed by atoms with E-state index in [2.05, 4.69) is 5.32 Å². The van der Waals surface area contributed by atoms with E-state index in [1.807, 2.05) is 12.1 Å². The van der Waals surface area contributed by atoms with Crippen LogP contribution in [-0.4, -0.2) is 30.0 Å². The third-order valence-electron chi connectivity index (χ3n) is 5.42. The number of anilines is 1. The standard InChI is InChI=1S/C21H19NO5S/c1-3-27-20(26)16-13-8-9-21(10-15(24)12-6-4-5-7-14(12)21)18(25)17(13)28-19(16)22-11(2)23/h4-7H,3,8-10H2,1-2H3,(H,22,23). The molecular formula is C21H19NO5S. The SMILES string of the molecule is CCOC(=O)c1c(NC(C)=O)sc2c1CCC1(CC(=O)c3ccccc31)C2=O. The lowest BCUT2D eigenvalue weighted by molar-refractivity contribution is -0.114. The van der Waals surface area contributed by atoms with Gasteiger partial charge in [-0.2, -0.15) is 0 Å². The van der Waals surface area contributed by atoms with Gasteiger partial charge in [-0.05, 0) is 30.9 Å². The average molecular weight is 397 g/mol. The lowest BCUT2D eigenvalue weighted by atomic mass is 9.69. The number of Topliss-reactive ketones (excluding diaryl/α,β-unsaturated/α-hetero) is 2. The monoisotopic (exact) mass is 397 g/mol. The van der Waals surface area contributed by atoms with Gasteiger partial charge in [0.25, 0.3) is 0 Å². The number of ketones is 2. The number of esters is 1. The van der Waals surface area contributed by atoms with Gasteiger partial charge in [-0.1, -0.05) is 24.3 Å². The summed E-state index contributed by atoms with van der Waals surface area (Å²) in [5.41, 5.74) is 1.36. The Labute approximate surface area is 165 Å². The van der Waals surface area contributed by atoms with Crippen LogP contribution in [0.3, 0.4) is 0 Å². The van der Waals surface area contributed by atoms with E-state index in [4.69, 9.17) is 4.74 Å². The second-order valence-electron chi connectivity index (χ2n) is 7.07. The highest BCUT2D eigenvalue weighted by molar-refractivity contribution is 7.19. The molecule has 0 saturated carbocycles. The second kappa shape index (κ2) is 6.67. The predicted octanol–water partition coefficient (Wildman–Crippen LogP) is 3.54. The molecule has 7 heteroatoms. The molecule has 1 N–H and O–H groups in total. The first-order chi connectivity index (χ1) is 13.4. The second-order valence-corrected chi connectivity index (χ2v) is 8.09. The fraction of sp³-hybridized carbons (Fsp3) is 0.333. The number of thiophene rings is 1. The molecule has 6 nitrogen and oxygen atoms in total. The highest BCUT2D eigenvalue weighted by Gasteiger charge is 2.52. The maximum atomic E-state index is 13.6. The first-order valence-corrected chi connectivity index (χ1v) is 9.98. The molecule has 0 fully saturated rings. The van der Waals surface area contributed by atoms with Crippen molar-refractivity contribution in [2.75, 3.05) is 11.9 Å². The van der Waals surface area contributed by atoms with Crippen LogP contribution in [0.2, 0.25) is 0 Å². The van der Waals surface area contributed by atoms with E-state index in [-0.39, 0.29) is 36.1 Å². The van der Waals surface area contributed by atoms with Crippen LogP contribution >= 0.6 is 11.3 Å². The number of hydrogen-bond donors (Lipinski definition) is 1. The van der Waals surface area contributed by atoms with Crippen molar-refractivity contribution >= 4 is 39.8 Å². The number of carbonyl (C=O) groups excluding carboxylic acids is 4. The molecule has 1 heterocycles. The Hall–Kier alpha value is -2.80. The van der Waals surface area contributed by atoms with E-state index < -0.39 is 11.4 Å². The molecule has 2 aliphatic rings. The van der Waals surface area contributed by atoms with Gasteiger partial charge in [0.2, 0.25) is 5.91 Å². The number of benzene rings is 1. The maximum absolute atomic E-state index is 13.6. The van der Waals surface area contributed by atoms with Gasteiger partial charge in [0.15, 0.2) is 11.6 Å². The number of carbonyl (C=O) groups is 4. The molecule has 0 aliphatic heterocycles. The number of hydrogen-bond acceptors (Lipinski definition) is 6. The highest BCUT2D eigenvalue weighted by atomic mass is 32.1. The van der Waals surface area contributed by atoms with Crippen molar-refractivity contribution in [1.29, 1.82) is 0 Å². The van der Waals surface area contributed by atoms with Crippen LogP contribution in [0.15, 0.2) is 24.3 Å². The zero-order valence-electron chi connectivity index (χ0n) is 15.6. The molecule has 2 aromatic rings. The molecule has 1 spiro atoms. The molecule has 144 valence electrons. The first kappa shape index (κ1) is 18.6. The number of rotatable bonds is 3. The van der Waals surface area contributed by atoms with Crippen molar-refractivity contribution in [1.82, 2.24) is 0 Å². The average Bonchev–Trinajstić information content (AvgIpc) is 3.15. The molecule has 1 aromatic heterocycles. The van der Waals surface area contributed by atoms with E-state index >= 15 is 0 Å². The van der Waals surface area contributed by atoms with Gasteiger partial charge >= 0.3 is 5.97 Å². The predicted molar refractivity (Wildman–Crippen MR) is 104 cm³/mol. The molecule has 0 bridgehead atoms. The van der Waals surface area contributed by atoms with Gasteiger partial charge in [0.1, 0.15) is 5.00 Å². The topological polar surface area (TPSA) is 89.5 Å². The minimum absolute atomic E-state index is 0.0309. The smallest absolute Gasteiger partial charge is 0.341 e. The molecule has 28 heavy (non-hydrogen) atoms. The van der Waals surface area contributed by atoms with Crippen molar-refractivity contribution in [3.05, 3.63) is 51.4 Å². The molecular weight excluding hydrogens is 378 g/mol. The summed E-state index contributed by atoms with van der Waals surface area (Å²) in [4.78, 5) is 50.7. The van der Waals surface area contributed by atoms with Crippen molar-refractivity contribution in [2.45, 2.75) is 38.5 Å². The first-order valence-electron chi connectivity index (χ1n) is 9.17. The molecule has 0 radical (unpaired) electrons. The summed E-state index contributed by atoms with van der Waals surface area (Å²) in [6, 6.07) is 7.24. The van der Waals surface area contributed by atoms with Crippen LogP contribution < -0.4 is 5.32 Å². The van der Waals surface area contributed by atoms with Gasteiger partial charge in [-0.3, -0.25) is 14.4 Å². The Bertz CT molecular complexity index is 1040.